The molecule has 6 nitrogen and oxygen atoms in total. The molecule has 0 radical (unpaired) electrons. The second-order valence-electron chi connectivity index (χ2n) is 2.73. The van der Waals surface area contributed by atoms with Gasteiger partial charge in [0, 0.05) is 6.20 Å². The molecule has 0 amide bonds. The molecule has 0 saturated heterocycles. The summed E-state index contributed by atoms with van der Waals surface area (Å²) in [5, 5.41) is 13.1. The zero-order valence-corrected chi connectivity index (χ0v) is 8.71. The molecule has 0 aromatic carbocycles. The van der Waals surface area contributed by atoms with E-state index in [0.717, 1.165) is 6.20 Å². The Balaban J connectivity index is 3.37. The lowest BCUT2D eigenvalue weighted by atomic mass is 10.3. The van der Waals surface area contributed by atoms with Gasteiger partial charge in [0.15, 0.2) is 0 Å². The molecule has 1 aromatic rings. The number of nitrogens with zero attached hydrogens (tertiary/aromatic N) is 2. The van der Waals surface area contributed by atoms with Crippen LogP contribution in [-0.4, -0.2) is 19.8 Å². The van der Waals surface area contributed by atoms with Crippen LogP contribution in [0.15, 0.2) is 17.2 Å². The molecule has 0 spiro atoms. The van der Waals surface area contributed by atoms with Crippen molar-refractivity contribution in [1.82, 2.24) is 4.98 Å². The third-order valence-electron chi connectivity index (χ3n) is 1.47. The van der Waals surface area contributed by atoms with Gasteiger partial charge in [-0.1, -0.05) is 0 Å². The third kappa shape index (κ3) is 3.58. The van der Waals surface area contributed by atoms with Gasteiger partial charge in [-0.2, -0.15) is 5.26 Å². The highest BCUT2D eigenvalue weighted by Crippen LogP contribution is 2.27. The van der Waals surface area contributed by atoms with Crippen molar-refractivity contribution in [3.63, 3.8) is 0 Å². The van der Waals surface area contributed by atoms with Crippen molar-refractivity contribution in [2.24, 2.45) is 5.14 Å². The van der Waals surface area contributed by atoms with Gasteiger partial charge in [-0.05, 0) is 6.07 Å². The highest BCUT2D eigenvalue weighted by molar-refractivity contribution is 7.89. The van der Waals surface area contributed by atoms with E-state index in [1.165, 1.54) is 6.07 Å². The highest BCUT2D eigenvalue weighted by Gasteiger charge is 2.34. The number of ether oxygens (including phenoxy) is 1. The molecule has 0 atom stereocenters. The predicted octanol–water partition coefficient (Wildman–Crippen LogP) is 0.499. The van der Waals surface area contributed by atoms with Crippen LogP contribution in [0.4, 0.5) is 13.2 Å². The average Bonchev–Trinajstić information content (AvgIpc) is 2.14. The molecule has 1 rings (SSSR count). The number of rotatable bonds is 2. The van der Waals surface area contributed by atoms with E-state index in [2.05, 4.69) is 14.9 Å². The number of hydrogen-bond acceptors (Lipinski definition) is 5. The normalized spacial score (nSPS) is 11.9. The molecule has 1 heterocycles. The maximum Gasteiger partial charge on any atom is 0.574 e. The molecule has 2 N–H and O–H groups in total. The van der Waals surface area contributed by atoms with Crippen molar-refractivity contribution >= 4 is 10.0 Å². The first-order valence-electron chi connectivity index (χ1n) is 3.82. The van der Waals surface area contributed by atoms with Gasteiger partial charge in [-0.15, -0.1) is 13.2 Å². The number of pyridine rings is 1. The van der Waals surface area contributed by atoms with Crippen molar-refractivity contribution in [3.05, 3.63) is 17.8 Å². The second-order valence-corrected chi connectivity index (χ2v) is 4.26. The van der Waals surface area contributed by atoms with E-state index in [1.807, 2.05) is 0 Å². The van der Waals surface area contributed by atoms with Gasteiger partial charge in [-0.3, -0.25) is 0 Å². The molecule has 10 heteroatoms. The number of aromatic nitrogens is 1. The number of nitriles is 1. The van der Waals surface area contributed by atoms with Gasteiger partial charge in [0.1, 0.15) is 11.0 Å². The molecule has 17 heavy (non-hydrogen) atoms. The molecular formula is C7H4F3N3O3S. The number of primary sulfonamides is 1. The molecule has 0 fully saturated rings. The lowest BCUT2D eigenvalue weighted by Crippen LogP contribution is -2.22. The van der Waals surface area contributed by atoms with E-state index in [0.29, 0.717) is 6.07 Å². The minimum Gasteiger partial charge on any atom is -0.386 e. The molecule has 0 aliphatic heterocycles. The summed E-state index contributed by atoms with van der Waals surface area (Å²) in [6, 6.07) is 2.15. The van der Waals surface area contributed by atoms with E-state index < -0.39 is 27.2 Å². The van der Waals surface area contributed by atoms with Crippen molar-refractivity contribution in [2.75, 3.05) is 0 Å². The summed E-state index contributed by atoms with van der Waals surface area (Å²) in [4.78, 5) is 2.07. The fourth-order valence-corrected chi connectivity index (χ4v) is 1.51. The first-order valence-corrected chi connectivity index (χ1v) is 5.37. The van der Waals surface area contributed by atoms with Crippen LogP contribution >= 0.6 is 0 Å². The maximum absolute atomic E-state index is 11.9. The fourth-order valence-electron chi connectivity index (χ4n) is 0.883. The van der Waals surface area contributed by atoms with Crippen LogP contribution in [0.5, 0.6) is 5.88 Å². The number of nitrogens with two attached hydrogens (primary N) is 1. The van der Waals surface area contributed by atoms with E-state index in [4.69, 9.17) is 5.26 Å². The molecule has 0 saturated carbocycles. The minimum absolute atomic E-state index is 0.261. The Labute approximate surface area is 93.5 Å². The smallest absolute Gasteiger partial charge is 0.386 e. The van der Waals surface area contributed by atoms with Crippen molar-refractivity contribution in [1.29, 1.82) is 5.26 Å². The molecule has 1 aromatic heterocycles. The summed E-state index contributed by atoms with van der Waals surface area (Å²) in [5.74, 6) is -1.22. The first kappa shape index (κ1) is 13.2. The Morgan fingerprint density at radius 2 is 2.06 bits per heavy atom. The zero-order chi connectivity index (χ0) is 13.3. The van der Waals surface area contributed by atoms with Gasteiger partial charge in [0.2, 0.25) is 15.9 Å². The first-order chi connectivity index (χ1) is 7.63. The monoisotopic (exact) mass is 267 g/mol. The lowest BCUT2D eigenvalue weighted by Gasteiger charge is -2.10. The lowest BCUT2D eigenvalue weighted by molar-refractivity contribution is -0.277. The summed E-state index contributed by atoms with van der Waals surface area (Å²) in [5.41, 5.74) is -0.261. The van der Waals surface area contributed by atoms with E-state index in [-0.39, 0.29) is 5.56 Å². The molecular weight excluding hydrogens is 263 g/mol. The van der Waals surface area contributed by atoms with Crippen LogP contribution in [0.25, 0.3) is 0 Å². The molecule has 0 bridgehead atoms. The van der Waals surface area contributed by atoms with Crippen molar-refractivity contribution in [2.45, 2.75) is 11.3 Å². The van der Waals surface area contributed by atoms with E-state index in [9.17, 15) is 21.6 Å². The Bertz CT molecular complexity index is 576. The summed E-state index contributed by atoms with van der Waals surface area (Å²) in [6.45, 7) is 0. The van der Waals surface area contributed by atoms with Gasteiger partial charge < -0.3 is 4.74 Å². The van der Waals surface area contributed by atoms with E-state index in [1.54, 1.807) is 0 Å². The number of alkyl halides is 3. The topological polar surface area (TPSA) is 106 Å². The third-order valence-corrected chi connectivity index (χ3v) is 2.37. The average molecular weight is 267 g/mol. The van der Waals surface area contributed by atoms with Crippen LogP contribution in [0.3, 0.4) is 0 Å². The highest BCUT2D eigenvalue weighted by atomic mass is 32.2. The largest absolute Gasteiger partial charge is 0.574 e. The Hall–Kier alpha value is -1.86. The maximum atomic E-state index is 11.9. The minimum atomic E-state index is -5.11. The standard InChI is InChI=1S/C7H4F3N3O3S/c8-7(9,10)16-6-5(17(12,14)15)1-4(2-11)3-13-6/h1,3H,(H2,12,14,15). The second kappa shape index (κ2) is 4.19. The predicted molar refractivity (Wildman–Crippen MR) is 47.0 cm³/mol. The van der Waals surface area contributed by atoms with Gasteiger partial charge in [0.05, 0.1) is 5.56 Å². The van der Waals surface area contributed by atoms with Crippen LogP contribution in [-0.2, 0) is 10.0 Å². The van der Waals surface area contributed by atoms with Crippen LogP contribution in [0.2, 0.25) is 0 Å². The van der Waals surface area contributed by atoms with Gasteiger partial charge >= 0.3 is 6.36 Å². The summed E-state index contributed by atoms with van der Waals surface area (Å²) in [7, 11) is -4.48. The molecule has 0 aliphatic carbocycles. The molecule has 0 aliphatic rings. The Morgan fingerprint density at radius 1 is 1.47 bits per heavy atom. The summed E-state index contributed by atoms with van der Waals surface area (Å²) < 4.78 is 61.1. The quantitative estimate of drug-likeness (QED) is 0.839. The summed E-state index contributed by atoms with van der Waals surface area (Å²) in [6.07, 6.45) is -4.38. The van der Waals surface area contributed by atoms with Gasteiger partial charge in [-0.25, -0.2) is 18.5 Å². The molecule has 0 unspecified atom stereocenters. The SMILES string of the molecule is N#Cc1cnc(OC(F)(F)F)c(S(N)(=O)=O)c1. The number of sulfonamides is 1. The Morgan fingerprint density at radius 3 is 2.47 bits per heavy atom. The van der Waals surface area contributed by atoms with Gasteiger partial charge in [0.25, 0.3) is 0 Å². The fraction of sp³-hybridized carbons (Fsp3) is 0.143. The summed E-state index contributed by atoms with van der Waals surface area (Å²) >= 11 is 0. The zero-order valence-electron chi connectivity index (χ0n) is 7.89. The van der Waals surface area contributed by atoms with E-state index >= 15 is 0 Å². The number of halogens is 3. The van der Waals surface area contributed by atoms with Crippen LogP contribution in [0.1, 0.15) is 5.56 Å². The molecule has 92 valence electrons. The Kier molecular flexibility index (Phi) is 3.25. The van der Waals surface area contributed by atoms with Crippen LogP contribution in [0, 0.1) is 11.3 Å². The number of hydrogen-bond donors (Lipinski definition) is 1. The van der Waals surface area contributed by atoms with Crippen molar-refractivity contribution < 1.29 is 26.3 Å². The van der Waals surface area contributed by atoms with Crippen LogP contribution < -0.4 is 9.88 Å². The van der Waals surface area contributed by atoms with Crippen molar-refractivity contribution in [3.8, 4) is 11.9 Å².